The van der Waals surface area contributed by atoms with Gasteiger partial charge in [0.05, 0.1) is 0 Å². The van der Waals surface area contributed by atoms with E-state index in [1.54, 1.807) is 16.7 Å². The first-order valence-electron chi connectivity index (χ1n) is 7.71. The molecule has 6 nitrogen and oxygen atoms in total. The lowest BCUT2D eigenvalue weighted by Crippen LogP contribution is -2.48. The number of hydrogen-bond donors (Lipinski definition) is 1. The molecule has 23 heavy (non-hydrogen) atoms. The monoisotopic (exact) mass is 331 g/mol. The number of para-hydroxylation sites is 1. The van der Waals surface area contributed by atoms with Gasteiger partial charge in [-0.15, -0.1) is 0 Å². The van der Waals surface area contributed by atoms with Crippen molar-refractivity contribution in [3.05, 3.63) is 29.8 Å². The Balaban J connectivity index is 1.51. The molecule has 4 amide bonds. The molecule has 4 rings (SSSR count). The molecule has 2 saturated heterocycles. The van der Waals surface area contributed by atoms with Crippen LogP contribution in [-0.2, 0) is 16.0 Å². The van der Waals surface area contributed by atoms with Crippen molar-refractivity contribution in [2.45, 2.75) is 18.4 Å². The van der Waals surface area contributed by atoms with Crippen LogP contribution in [0.25, 0.3) is 0 Å². The maximum Gasteiger partial charge on any atom is 0.325 e. The van der Waals surface area contributed by atoms with Crippen molar-refractivity contribution >= 4 is 35.3 Å². The first-order chi connectivity index (χ1) is 11.1. The Hall–Kier alpha value is -2.02. The van der Waals surface area contributed by atoms with Crippen molar-refractivity contribution in [1.29, 1.82) is 0 Å². The number of anilines is 1. The zero-order valence-corrected chi connectivity index (χ0v) is 13.4. The van der Waals surface area contributed by atoms with Gasteiger partial charge in [0.15, 0.2) is 0 Å². The third-order valence-corrected chi connectivity index (χ3v) is 5.94. The molecule has 1 spiro atoms. The number of carbonyl (C=O) groups excluding carboxylic acids is 3. The smallest absolute Gasteiger partial charge is 0.322 e. The Labute approximate surface area is 138 Å². The summed E-state index contributed by atoms with van der Waals surface area (Å²) in [5, 5.41) is 2.79. The fourth-order valence-electron chi connectivity index (χ4n) is 3.47. The summed E-state index contributed by atoms with van der Waals surface area (Å²) in [6.07, 6.45) is 1.45. The van der Waals surface area contributed by atoms with Crippen LogP contribution >= 0.6 is 11.8 Å². The molecule has 1 N–H and O–H groups in total. The largest absolute Gasteiger partial charge is 0.325 e. The zero-order valence-electron chi connectivity index (χ0n) is 12.6. The molecule has 0 saturated carbocycles. The topological polar surface area (TPSA) is 69.7 Å². The van der Waals surface area contributed by atoms with Gasteiger partial charge in [0.1, 0.15) is 12.1 Å². The van der Waals surface area contributed by atoms with E-state index in [-0.39, 0.29) is 18.4 Å². The summed E-state index contributed by atoms with van der Waals surface area (Å²) >= 11 is 1.66. The lowest BCUT2D eigenvalue weighted by atomic mass is 9.99. The average molecular weight is 331 g/mol. The van der Waals surface area contributed by atoms with Crippen LogP contribution in [0, 0.1) is 0 Å². The van der Waals surface area contributed by atoms with Gasteiger partial charge in [0.2, 0.25) is 5.91 Å². The molecule has 1 atom stereocenters. The highest BCUT2D eigenvalue weighted by atomic mass is 32.2. The molecule has 0 radical (unpaired) electrons. The predicted octanol–water partition coefficient (Wildman–Crippen LogP) is 1.00. The number of rotatable bonds is 2. The van der Waals surface area contributed by atoms with Gasteiger partial charge in [-0.05, 0) is 30.2 Å². The molecule has 3 aliphatic rings. The molecule has 7 heteroatoms. The number of thioether (sulfide) groups is 1. The Bertz CT molecular complexity index is 700. The van der Waals surface area contributed by atoms with Gasteiger partial charge in [-0.25, -0.2) is 4.79 Å². The summed E-state index contributed by atoms with van der Waals surface area (Å²) in [7, 11) is 0. The van der Waals surface area contributed by atoms with E-state index in [1.165, 1.54) is 0 Å². The van der Waals surface area contributed by atoms with E-state index in [1.807, 2.05) is 24.3 Å². The first kappa shape index (κ1) is 14.6. The number of imide groups is 1. The number of hydrogen-bond acceptors (Lipinski definition) is 4. The van der Waals surface area contributed by atoms with Crippen molar-refractivity contribution in [3.8, 4) is 0 Å². The normalized spacial score (nSPS) is 26.1. The molecular formula is C16H17N3O3S. The van der Waals surface area contributed by atoms with Crippen LogP contribution < -0.4 is 10.2 Å². The molecular weight excluding hydrogens is 314 g/mol. The van der Waals surface area contributed by atoms with E-state index in [4.69, 9.17) is 0 Å². The highest BCUT2D eigenvalue weighted by Crippen LogP contribution is 2.34. The number of urea groups is 1. The summed E-state index contributed by atoms with van der Waals surface area (Å²) in [5.74, 6) is 0.983. The summed E-state index contributed by atoms with van der Waals surface area (Å²) in [5.41, 5.74) is 1.22. The molecule has 120 valence electrons. The molecule has 1 unspecified atom stereocenters. The Morgan fingerprint density at radius 3 is 2.91 bits per heavy atom. The molecule has 2 fully saturated rings. The Kier molecular flexibility index (Phi) is 3.33. The summed E-state index contributed by atoms with van der Waals surface area (Å²) in [4.78, 5) is 40.1. The number of nitrogens with one attached hydrogen (secondary N) is 1. The maximum atomic E-state index is 12.6. The van der Waals surface area contributed by atoms with Crippen molar-refractivity contribution in [2.75, 3.05) is 29.5 Å². The highest BCUT2D eigenvalue weighted by molar-refractivity contribution is 7.99. The van der Waals surface area contributed by atoms with E-state index in [9.17, 15) is 14.4 Å². The van der Waals surface area contributed by atoms with Crippen molar-refractivity contribution in [3.63, 3.8) is 0 Å². The van der Waals surface area contributed by atoms with Crippen LogP contribution in [0.4, 0.5) is 10.5 Å². The van der Waals surface area contributed by atoms with Gasteiger partial charge >= 0.3 is 6.03 Å². The predicted molar refractivity (Wildman–Crippen MR) is 87.4 cm³/mol. The van der Waals surface area contributed by atoms with Crippen molar-refractivity contribution in [2.24, 2.45) is 0 Å². The SMILES string of the molecule is O=C1NC2(CCSC2)C(=O)N1CC(=O)N1CCc2ccccc21. The second kappa shape index (κ2) is 5.26. The van der Waals surface area contributed by atoms with Crippen LogP contribution in [0.1, 0.15) is 12.0 Å². The van der Waals surface area contributed by atoms with Crippen LogP contribution in [0.3, 0.4) is 0 Å². The molecule has 0 aliphatic carbocycles. The average Bonchev–Trinajstić information content (AvgIpc) is 3.23. The minimum atomic E-state index is -0.787. The van der Waals surface area contributed by atoms with Gasteiger partial charge < -0.3 is 10.2 Å². The fraction of sp³-hybridized carbons (Fsp3) is 0.438. The zero-order chi connectivity index (χ0) is 16.0. The van der Waals surface area contributed by atoms with Crippen LogP contribution in [-0.4, -0.2) is 52.9 Å². The van der Waals surface area contributed by atoms with E-state index in [2.05, 4.69) is 5.32 Å². The number of fused-ring (bicyclic) bond motifs is 1. The summed E-state index contributed by atoms with van der Waals surface area (Å²) < 4.78 is 0. The first-order valence-corrected chi connectivity index (χ1v) is 8.86. The van der Waals surface area contributed by atoms with Gasteiger partial charge in [-0.3, -0.25) is 14.5 Å². The summed E-state index contributed by atoms with van der Waals surface area (Å²) in [6.45, 7) is 0.411. The Morgan fingerprint density at radius 1 is 1.30 bits per heavy atom. The lowest BCUT2D eigenvalue weighted by Gasteiger charge is -2.22. The Morgan fingerprint density at radius 2 is 2.13 bits per heavy atom. The van der Waals surface area contributed by atoms with E-state index >= 15 is 0 Å². The molecule has 1 aromatic rings. The molecule has 0 aromatic heterocycles. The van der Waals surface area contributed by atoms with Gasteiger partial charge in [-0.2, -0.15) is 11.8 Å². The maximum absolute atomic E-state index is 12.6. The second-order valence-corrected chi connectivity index (χ2v) is 7.24. The molecule has 1 aromatic carbocycles. The molecule has 0 bridgehead atoms. The van der Waals surface area contributed by atoms with Gasteiger partial charge in [0, 0.05) is 18.0 Å². The summed E-state index contributed by atoms with van der Waals surface area (Å²) in [6, 6.07) is 7.30. The van der Waals surface area contributed by atoms with Crippen molar-refractivity contribution in [1.82, 2.24) is 10.2 Å². The van der Waals surface area contributed by atoms with Gasteiger partial charge in [0.25, 0.3) is 5.91 Å². The number of carbonyl (C=O) groups is 3. The molecule has 3 aliphatic heterocycles. The highest BCUT2D eigenvalue weighted by Gasteiger charge is 2.53. The fourth-order valence-corrected chi connectivity index (χ4v) is 4.80. The number of benzene rings is 1. The number of amides is 4. The van der Waals surface area contributed by atoms with Crippen LogP contribution in [0.15, 0.2) is 24.3 Å². The van der Waals surface area contributed by atoms with Crippen LogP contribution in [0.2, 0.25) is 0 Å². The van der Waals surface area contributed by atoms with E-state index < -0.39 is 11.6 Å². The minimum Gasteiger partial charge on any atom is -0.322 e. The molecule has 3 heterocycles. The lowest BCUT2D eigenvalue weighted by molar-refractivity contribution is -0.133. The minimum absolute atomic E-state index is 0.189. The standard InChI is InChI=1S/C16H17N3O3S/c20-13(18-7-5-11-3-1-2-4-12(11)18)9-19-14(21)16(17-15(19)22)6-8-23-10-16/h1-4H,5-10H2,(H,17,22). The van der Waals surface area contributed by atoms with E-state index in [0.29, 0.717) is 18.7 Å². The number of nitrogens with zero attached hydrogens (tertiary/aromatic N) is 2. The quantitative estimate of drug-likeness (QED) is 0.821. The third kappa shape index (κ3) is 2.22. The van der Waals surface area contributed by atoms with Crippen LogP contribution in [0.5, 0.6) is 0 Å². The van der Waals surface area contributed by atoms with Gasteiger partial charge in [-0.1, -0.05) is 18.2 Å². The third-order valence-electron chi connectivity index (χ3n) is 4.75. The van der Waals surface area contributed by atoms with E-state index in [0.717, 1.165) is 28.3 Å². The van der Waals surface area contributed by atoms with Crippen molar-refractivity contribution < 1.29 is 14.4 Å². The second-order valence-electron chi connectivity index (χ2n) is 6.13.